The van der Waals surface area contributed by atoms with E-state index in [1.54, 1.807) is 42.7 Å². The van der Waals surface area contributed by atoms with Crippen LogP contribution in [0.15, 0.2) is 74.0 Å². The van der Waals surface area contributed by atoms with Crippen LogP contribution in [0.1, 0.15) is 10.6 Å². The molecule has 2 heterocycles. The molecule has 3 aromatic rings. The Hall–Kier alpha value is -1.41. The minimum Gasteiger partial charge on any atom is -0.468 e. The van der Waals surface area contributed by atoms with E-state index in [1.165, 1.54) is 15.6 Å². The van der Waals surface area contributed by atoms with E-state index >= 15 is 0 Å². The molecular weight excluding hydrogens is 398 g/mol. The van der Waals surface area contributed by atoms with E-state index < -0.39 is 10.0 Å². The lowest BCUT2D eigenvalue weighted by atomic mass is 10.4. The quantitative estimate of drug-likeness (QED) is 0.599. The third kappa shape index (κ3) is 3.92. The van der Waals surface area contributed by atoms with Gasteiger partial charge >= 0.3 is 0 Å². The fourth-order valence-electron chi connectivity index (χ4n) is 2.16. The van der Waals surface area contributed by atoms with Crippen LogP contribution in [0, 0.1) is 0 Å². The van der Waals surface area contributed by atoms with Crippen LogP contribution in [0.4, 0.5) is 0 Å². The van der Waals surface area contributed by atoms with Gasteiger partial charge < -0.3 is 4.42 Å². The summed E-state index contributed by atoms with van der Waals surface area (Å²) in [4.78, 5) is 1.24. The number of hydrogen-bond acceptors (Lipinski definition) is 4. The topological polar surface area (TPSA) is 50.5 Å². The van der Waals surface area contributed by atoms with Crippen molar-refractivity contribution in [3.05, 3.63) is 75.3 Å². The largest absolute Gasteiger partial charge is 0.468 e. The second-order valence-electron chi connectivity index (χ2n) is 4.89. The maximum absolute atomic E-state index is 13.0. The molecule has 0 atom stereocenters. The van der Waals surface area contributed by atoms with E-state index in [9.17, 15) is 8.42 Å². The fraction of sp³-hybridized carbons (Fsp3) is 0.125. The molecule has 0 aliphatic rings. The predicted octanol–water partition coefficient (Wildman–Crippen LogP) is 4.49. The van der Waals surface area contributed by atoms with Crippen molar-refractivity contribution in [3.8, 4) is 0 Å². The second kappa shape index (κ2) is 7.00. The molecule has 120 valence electrons. The zero-order valence-electron chi connectivity index (χ0n) is 12.1. The van der Waals surface area contributed by atoms with E-state index in [2.05, 4.69) is 15.9 Å². The van der Waals surface area contributed by atoms with Gasteiger partial charge in [-0.05, 0) is 41.8 Å². The van der Waals surface area contributed by atoms with Gasteiger partial charge in [-0.25, -0.2) is 8.42 Å². The average molecular weight is 412 g/mol. The summed E-state index contributed by atoms with van der Waals surface area (Å²) < 4.78 is 33.5. The van der Waals surface area contributed by atoms with Gasteiger partial charge in [-0.2, -0.15) is 4.31 Å². The summed E-state index contributed by atoms with van der Waals surface area (Å²) in [7, 11) is -3.63. The van der Waals surface area contributed by atoms with Gasteiger partial charge in [0, 0.05) is 15.9 Å². The smallest absolute Gasteiger partial charge is 0.243 e. The molecular formula is C16H14BrNO3S2. The van der Waals surface area contributed by atoms with Gasteiger partial charge in [0.2, 0.25) is 10.0 Å². The number of hydrogen-bond donors (Lipinski definition) is 0. The standard InChI is InChI=1S/C16H14BrNO3S2/c17-13-4-1-7-16(10-13)23(19,20)18(11-14-5-2-8-21-14)12-15-6-3-9-22-15/h1-10H,11-12H2. The minimum atomic E-state index is -3.63. The molecule has 0 aliphatic heterocycles. The number of rotatable bonds is 6. The normalized spacial score (nSPS) is 11.9. The maximum Gasteiger partial charge on any atom is 0.243 e. The van der Waals surface area contributed by atoms with Crippen molar-refractivity contribution in [2.24, 2.45) is 0 Å². The summed E-state index contributed by atoms with van der Waals surface area (Å²) in [5, 5.41) is 1.94. The number of furan rings is 1. The summed E-state index contributed by atoms with van der Waals surface area (Å²) in [6, 6.07) is 14.1. The Bertz CT molecular complexity index is 822. The Labute approximate surface area is 147 Å². The maximum atomic E-state index is 13.0. The van der Waals surface area contributed by atoms with E-state index in [-0.39, 0.29) is 11.4 Å². The van der Waals surface area contributed by atoms with Crippen molar-refractivity contribution in [1.29, 1.82) is 0 Å². The molecule has 7 heteroatoms. The second-order valence-corrected chi connectivity index (χ2v) is 8.78. The summed E-state index contributed by atoms with van der Waals surface area (Å²) in [6.45, 7) is 0.507. The van der Waals surface area contributed by atoms with Gasteiger partial charge in [0.05, 0.1) is 17.7 Å². The highest BCUT2D eigenvalue weighted by Crippen LogP contribution is 2.24. The lowest BCUT2D eigenvalue weighted by Gasteiger charge is -2.21. The molecule has 0 amide bonds. The molecule has 2 aromatic heterocycles. The predicted molar refractivity (Wildman–Crippen MR) is 93.6 cm³/mol. The lowest BCUT2D eigenvalue weighted by molar-refractivity contribution is 0.360. The molecule has 0 fully saturated rings. The summed E-state index contributed by atoms with van der Waals surface area (Å²) in [5.74, 6) is 0.611. The fourth-order valence-corrected chi connectivity index (χ4v) is 4.94. The molecule has 0 bridgehead atoms. The van der Waals surface area contributed by atoms with Crippen LogP contribution in [-0.2, 0) is 23.1 Å². The lowest BCUT2D eigenvalue weighted by Crippen LogP contribution is -2.29. The van der Waals surface area contributed by atoms with Gasteiger partial charge in [0.25, 0.3) is 0 Å². The molecule has 23 heavy (non-hydrogen) atoms. The first kappa shape index (κ1) is 16.4. The Kier molecular flexibility index (Phi) is 5.01. The molecule has 4 nitrogen and oxygen atoms in total. The molecule has 0 radical (unpaired) electrons. The summed E-state index contributed by atoms with van der Waals surface area (Å²) in [5.41, 5.74) is 0. The van der Waals surface area contributed by atoms with E-state index in [0.717, 1.165) is 9.35 Å². The molecule has 0 saturated heterocycles. The zero-order valence-corrected chi connectivity index (χ0v) is 15.3. The van der Waals surface area contributed by atoms with E-state index in [4.69, 9.17) is 4.42 Å². The average Bonchev–Trinajstić information content (AvgIpc) is 3.20. The number of halogens is 1. The number of benzene rings is 1. The van der Waals surface area contributed by atoms with Crippen molar-refractivity contribution >= 4 is 37.3 Å². The Balaban J connectivity index is 1.95. The van der Waals surface area contributed by atoms with Crippen molar-refractivity contribution in [3.63, 3.8) is 0 Å². The molecule has 0 N–H and O–H groups in total. The summed E-state index contributed by atoms with van der Waals surface area (Å²) >= 11 is 4.86. The Morgan fingerprint density at radius 2 is 1.96 bits per heavy atom. The molecule has 0 unspecified atom stereocenters. The van der Waals surface area contributed by atoms with Crippen LogP contribution in [0.3, 0.4) is 0 Å². The SMILES string of the molecule is O=S(=O)(c1cccc(Br)c1)N(Cc1ccco1)Cc1cccs1. The van der Waals surface area contributed by atoms with Crippen molar-refractivity contribution in [2.75, 3.05) is 0 Å². The van der Waals surface area contributed by atoms with Crippen molar-refractivity contribution in [1.82, 2.24) is 4.31 Å². The Morgan fingerprint density at radius 1 is 1.09 bits per heavy atom. The van der Waals surface area contributed by atoms with Gasteiger partial charge in [0.1, 0.15) is 5.76 Å². The van der Waals surface area contributed by atoms with Gasteiger partial charge in [-0.1, -0.05) is 28.1 Å². The van der Waals surface area contributed by atoms with Crippen LogP contribution >= 0.6 is 27.3 Å². The number of sulfonamides is 1. The molecule has 0 saturated carbocycles. The van der Waals surface area contributed by atoms with Crippen molar-refractivity contribution < 1.29 is 12.8 Å². The highest BCUT2D eigenvalue weighted by Gasteiger charge is 2.26. The van der Waals surface area contributed by atoms with Crippen LogP contribution in [-0.4, -0.2) is 12.7 Å². The molecule has 0 aliphatic carbocycles. The molecule has 0 spiro atoms. The van der Waals surface area contributed by atoms with Crippen molar-refractivity contribution in [2.45, 2.75) is 18.0 Å². The molecule has 1 aromatic carbocycles. The first-order chi connectivity index (χ1) is 11.1. The summed E-state index contributed by atoms with van der Waals surface area (Å²) in [6.07, 6.45) is 1.55. The van der Waals surface area contributed by atoms with Crippen LogP contribution < -0.4 is 0 Å². The minimum absolute atomic E-state index is 0.194. The van der Waals surface area contributed by atoms with Crippen LogP contribution in [0.5, 0.6) is 0 Å². The van der Waals surface area contributed by atoms with E-state index in [0.29, 0.717) is 12.3 Å². The third-order valence-corrected chi connectivity index (χ3v) is 6.40. The van der Waals surface area contributed by atoms with Gasteiger partial charge in [-0.15, -0.1) is 11.3 Å². The highest BCUT2D eigenvalue weighted by molar-refractivity contribution is 9.10. The number of nitrogens with zero attached hydrogens (tertiary/aromatic N) is 1. The number of thiophene rings is 1. The third-order valence-electron chi connectivity index (χ3n) is 3.26. The zero-order chi connectivity index (χ0) is 16.3. The first-order valence-electron chi connectivity index (χ1n) is 6.86. The van der Waals surface area contributed by atoms with Gasteiger partial charge in [-0.3, -0.25) is 0 Å². The van der Waals surface area contributed by atoms with E-state index in [1.807, 2.05) is 17.5 Å². The van der Waals surface area contributed by atoms with Crippen LogP contribution in [0.2, 0.25) is 0 Å². The molecule has 3 rings (SSSR count). The van der Waals surface area contributed by atoms with Crippen LogP contribution in [0.25, 0.3) is 0 Å². The first-order valence-corrected chi connectivity index (χ1v) is 9.97. The monoisotopic (exact) mass is 411 g/mol. The highest BCUT2D eigenvalue weighted by atomic mass is 79.9. The Morgan fingerprint density at radius 3 is 2.61 bits per heavy atom. The van der Waals surface area contributed by atoms with Gasteiger partial charge in [0.15, 0.2) is 0 Å².